The predicted molar refractivity (Wildman–Crippen MR) is 130 cm³/mol. The molecule has 0 N–H and O–H groups in total. The van der Waals surface area contributed by atoms with E-state index in [0.717, 1.165) is 23.0 Å². The lowest BCUT2D eigenvalue weighted by molar-refractivity contribution is -0.127. The van der Waals surface area contributed by atoms with Gasteiger partial charge in [0.25, 0.3) is 11.1 Å². The normalized spacial score (nSPS) is 14.0. The highest BCUT2D eigenvalue weighted by molar-refractivity contribution is 7.99. The zero-order chi connectivity index (χ0) is 24.1. The summed E-state index contributed by atoms with van der Waals surface area (Å²) in [6.07, 6.45) is 0.706. The Labute approximate surface area is 202 Å². The van der Waals surface area contributed by atoms with E-state index in [1.807, 2.05) is 30.3 Å². The van der Waals surface area contributed by atoms with Gasteiger partial charge in [-0.05, 0) is 23.8 Å². The third-order valence-electron chi connectivity index (χ3n) is 5.35. The van der Waals surface area contributed by atoms with Gasteiger partial charge in [-0.1, -0.05) is 62.0 Å². The summed E-state index contributed by atoms with van der Waals surface area (Å²) in [6.45, 7) is 4.89. The van der Waals surface area contributed by atoms with Crippen molar-refractivity contribution in [3.05, 3.63) is 60.2 Å². The van der Waals surface area contributed by atoms with Crippen molar-refractivity contribution < 1.29 is 17.6 Å². The predicted octanol–water partition coefficient (Wildman–Crippen LogP) is 3.50. The van der Waals surface area contributed by atoms with Crippen molar-refractivity contribution in [1.29, 1.82) is 0 Å². The summed E-state index contributed by atoms with van der Waals surface area (Å²) in [5.74, 6) is 0.143. The van der Waals surface area contributed by atoms with E-state index in [1.165, 1.54) is 15.4 Å². The number of hydrogen-bond acceptors (Lipinski definition) is 8. The number of benzene rings is 2. The maximum atomic E-state index is 12.8. The fourth-order valence-corrected chi connectivity index (χ4v) is 5.69. The molecule has 0 spiro atoms. The number of hydrogen-bond donors (Lipinski definition) is 0. The summed E-state index contributed by atoms with van der Waals surface area (Å²) in [5.41, 5.74) is 2.39. The van der Waals surface area contributed by atoms with Gasteiger partial charge >= 0.3 is 0 Å². The van der Waals surface area contributed by atoms with Gasteiger partial charge in [-0.15, -0.1) is 10.2 Å². The van der Waals surface area contributed by atoms with Crippen LogP contribution in [0.2, 0.25) is 0 Å². The summed E-state index contributed by atoms with van der Waals surface area (Å²) in [6, 6.07) is 16.2. The van der Waals surface area contributed by atoms with Crippen molar-refractivity contribution in [3.63, 3.8) is 0 Å². The minimum Gasteiger partial charge on any atom is -0.411 e. The first-order chi connectivity index (χ1) is 16.4. The number of amides is 1. The van der Waals surface area contributed by atoms with Crippen LogP contribution in [0.1, 0.15) is 25.8 Å². The van der Waals surface area contributed by atoms with E-state index in [4.69, 9.17) is 4.42 Å². The topological polar surface area (TPSA) is 109 Å². The lowest BCUT2D eigenvalue weighted by Crippen LogP contribution is -2.30. The molecule has 9 nitrogen and oxygen atoms in total. The van der Waals surface area contributed by atoms with Crippen LogP contribution >= 0.6 is 11.8 Å². The Hall–Kier alpha value is -3.02. The van der Waals surface area contributed by atoms with Crippen LogP contribution in [0, 0.1) is 0 Å². The third kappa shape index (κ3) is 5.21. The van der Waals surface area contributed by atoms with Crippen LogP contribution in [0.4, 0.5) is 0 Å². The maximum Gasteiger partial charge on any atom is 0.277 e. The monoisotopic (exact) mass is 499 g/mol. The van der Waals surface area contributed by atoms with Crippen molar-refractivity contribution in [2.75, 3.05) is 25.4 Å². The second-order valence-corrected chi connectivity index (χ2v) is 10.3. The molecule has 0 radical (unpaired) electrons. The Morgan fingerprint density at radius 2 is 1.79 bits per heavy atom. The average molecular weight is 500 g/mol. The molecule has 0 fully saturated rings. The molecule has 0 saturated carbocycles. The van der Waals surface area contributed by atoms with E-state index in [0.29, 0.717) is 31.6 Å². The minimum atomic E-state index is -3.60. The first kappa shape index (κ1) is 24.1. The van der Waals surface area contributed by atoms with Gasteiger partial charge in [-0.25, -0.2) is 13.4 Å². The van der Waals surface area contributed by atoms with Gasteiger partial charge in [0, 0.05) is 25.1 Å². The Bertz CT molecular complexity index is 1290. The number of carbonyl (C=O) groups is 1. The van der Waals surface area contributed by atoms with Crippen molar-refractivity contribution in [2.45, 2.75) is 30.4 Å². The molecule has 3 aromatic rings. The molecular formula is C23H25N5O4S2. The lowest BCUT2D eigenvalue weighted by Gasteiger charge is -2.18. The molecule has 178 valence electrons. The van der Waals surface area contributed by atoms with Gasteiger partial charge in [0.05, 0.1) is 22.9 Å². The molecule has 1 aromatic heterocycles. The molecule has 1 amide bonds. The Morgan fingerprint density at radius 1 is 1.06 bits per heavy atom. The summed E-state index contributed by atoms with van der Waals surface area (Å²) >= 11 is 1.12. The SMILES string of the molecule is CCN(CC)S(=O)(=O)c1cccc(-c2nnc(SCC(=O)N3CCC(c4ccccc4)=N3)o2)c1. The number of rotatable bonds is 9. The van der Waals surface area contributed by atoms with Crippen LogP contribution in [-0.2, 0) is 14.8 Å². The minimum absolute atomic E-state index is 0.101. The van der Waals surface area contributed by atoms with Crippen molar-refractivity contribution in [3.8, 4) is 11.5 Å². The maximum absolute atomic E-state index is 12.8. The molecule has 34 heavy (non-hydrogen) atoms. The number of sulfonamides is 1. The van der Waals surface area contributed by atoms with Crippen LogP contribution in [0.25, 0.3) is 11.5 Å². The number of carbonyl (C=O) groups excluding carboxylic acids is 1. The third-order valence-corrected chi connectivity index (χ3v) is 8.20. The Balaban J connectivity index is 1.41. The molecule has 0 unspecified atom stereocenters. The zero-order valence-corrected chi connectivity index (χ0v) is 20.6. The number of aromatic nitrogens is 2. The van der Waals surface area contributed by atoms with Gasteiger partial charge in [-0.2, -0.15) is 9.41 Å². The van der Waals surface area contributed by atoms with E-state index in [1.54, 1.807) is 32.0 Å². The molecule has 0 aliphatic carbocycles. The fraction of sp³-hybridized carbons (Fsp3) is 0.304. The summed E-state index contributed by atoms with van der Waals surface area (Å²) in [4.78, 5) is 12.7. The summed E-state index contributed by atoms with van der Waals surface area (Å²) in [5, 5.41) is 14.2. The van der Waals surface area contributed by atoms with Gasteiger partial charge in [0.15, 0.2) is 0 Å². The highest BCUT2D eigenvalue weighted by Crippen LogP contribution is 2.27. The Kier molecular flexibility index (Phi) is 7.44. The molecule has 0 bridgehead atoms. The molecule has 0 atom stereocenters. The van der Waals surface area contributed by atoms with Crippen LogP contribution in [0.5, 0.6) is 0 Å². The molecule has 0 saturated heterocycles. The van der Waals surface area contributed by atoms with Crippen LogP contribution < -0.4 is 0 Å². The van der Waals surface area contributed by atoms with Crippen molar-refractivity contribution >= 4 is 33.4 Å². The van der Waals surface area contributed by atoms with E-state index < -0.39 is 10.0 Å². The number of thioether (sulfide) groups is 1. The van der Waals surface area contributed by atoms with Gasteiger partial charge in [0.2, 0.25) is 15.9 Å². The van der Waals surface area contributed by atoms with Crippen molar-refractivity contribution in [1.82, 2.24) is 19.5 Å². The van der Waals surface area contributed by atoms with Crippen LogP contribution in [0.3, 0.4) is 0 Å². The standard InChI is InChI=1S/C23H25N5O4S2/c1-3-27(4-2)34(30,31)19-12-8-11-18(15-19)22-24-25-23(32-22)33-16-21(29)28-14-13-20(26-28)17-9-6-5-7-10-17/h5-12,15H,3-4,13-14,16H2,1-2H3. The lowest BCUT2D eigenvalue weighted by atomic mass is 10.1. The molecule has 1 aliphatic heterocycles. The first-order valence-corrected chi connectivity index (χ1v) is 13.3. The van der Waals surface area contributed by atoms with E-state index in [-0.39, 0.29) is 27.7 Å². The summed E-state index contributed by atoms with van der Waals surface area (Å²) < 4.78 is 32.7. The zero-order valence-electron chi connectivity index (χ0n) is 18.9. The number of nitrogens with zero attached hydrogens (tertiary/aromatic N) is 5. The van der Waals surface area contributed by atoms with E-state index in [9.17, 15) is 13.2 Å². The van der Waals surface area contributed by atoms with Crippen LogP contribution in [0.15, 0.2) is 74.2 Å². The molecule has 4 rings (SSSR count). The highest BCUT2D eigenvalue weighted by atomic mass is 32.2. The second kappa shape index (κ2) is 10.5. The van der Waals surface area contributed by atoms with E-state index in [2.05, 4.69) is 15.3 Å². The first-order valence-electron chi connectivity index (χ1n) is 10.9. The smallest absolute Gasteiger partial charge is 0.277 e. The van der Waals surface area contributed by atoms with Gasteiger partial charge in [-0.3, -0.25) is 4.79 Å². The molecular weight excluding hydrogens is 474 g/mol. The van der Waals surface area contributed by atoms with Gasteiger partial charge in [0.1, 0.15) is 0 Å². The largest absolute Gasteiger partial charge is 0.411 e. The second-order valence-electron chi connectivity index (χ2n) is 7.46. The highest BCUT2D eigenvalue weighted by Gasteiger charge is 2.24. The summed E-state index contributed by atoms with van der Waals surface area (Å²) in [7, 11) is -3.60. The average Bonchev–Trinajstić information content (AvgIpc) is 3.54. The quantitative estimate of drug-likeness (QED) is 0.415. The van der Waals surface area contributed by atoms with Crippen molar-refractivity contribution in [2.24, 2.45) is 5.10 Å². The fourth-order valence-electron chi connectivity index (χ4n) is 3.56. The molecule has 2 heterocycles. The van der Waals surface area contributed by atoms with Crippen LogP contribution in [-0.4, -0.2) is 64.9 Å². The molecule has 11 heteroatoms. The molecule has 1 aliphatic rings. The molecule has 2 aromatic carbocycles. The Morgan fingerprint density at radius 3 is 2.53 bits per heavy atom. The van der Waals surface area contributed by atoms with E-state index >= 15 is 0 Å². The van der Waals surface area contributed by atoms with Gasteiger partial charge < -0.3 is 4.42 Å². The number of hydrazone groups is 1.